The molecule has 2 rings (SSSR count). The van der Waals surface area contributed by atoms with Crippen LogP contribution in [-0.2, 0) is 0 Å². The Morgan fingerprint density at radius 2 is 2.11 bits per heavy atom. The first kappa shape index (κ1) is 13.8. The van der Waals surface area contributed by atoms with E-state index in [0.29, 0.717) is 21.2 Å². The van der Waals surface area contributed by atoms with E-state index < -0.39 is 0 Å². The Bertz CT molecular complexity index is 578. The Morgan fingerprint density at radius 3 is 2.74 bits per heavy atom. The summed E-state index contributed by atoms with van der Waals surface area (Å²) in [5, 5.41) is 1.64. The van der Waals surface area contributed by atoms with Gasteiger partial charge in [0.2, 0.25) is 17.1 Å². The van der Waals surface area contributed by atoms with Gasteiger partial charge in [-0.2, -0.15) is 15.0 Å². The number of pyridine rings is 1. The molecule has 0 unspecified atom stereocenters. The quantitative estimate of drug-likeness (QED) is 0.646. The lowest BCUT2D eigenvalue weighted by Gasteiger charge is -2.12. The van der Waals surface area contributed by atoms with Gasteiger partial charge in [-0.05, 0) is 23.9 Å². The predicted molar refractivity (Wildman–Crippen MR) is 75.3 cm³/mol. The fourth-order valence-corrected chi connectivity index (χ4v) is 2.14. The Hall–Kier alpha value is -1.64. The summed E-state index contributed by atoms with van der Waals surface area (Å²) >= 11 is 7.29. The summed E-state index contributed by atoms with van der Waals surface area (Å²) < 4.78 is 0. The number of aromatic nitrogens is 4. The van der Waals surface area contributed by atoms with Gasteiger partial charge in [-0.1, -0.05) is 11.6 Å². The van der Waals surface area contributed by atoms with Crippen LogP contribution in [0.2, 0.25) is 5.02 Å². The molecule has 2 aromatic heterocycles. The summed E-state index contributed by atoms with van der Waals surface area (Å²) in [6.07, 6.45) is 1.66. The molecule has 2 heterocycles. The molecule has 0 fully saturated rings. The fourth-order valence-electron chi connectivity index (χ4n) is 1.19. The van der Waals surface area contributed by atoms with Crippen LogP contribution < -0.4 is 16.2 Å². The van der Waals surface area contributed by atoms with Crippen molar-refractivity contribution in [2.75, 3.05) is 24.4 Å². The number of nitrogens with two attached hydrogens (primary N) is 1. The zero-order valence-corrected chi connectivity index (χ0v) is 11.9. The summed E-state index contributed by atoms with van der Waals surface area (Å²) in [6, 6.07) is 3.52. The molecule has 0 aliphatic carbocycles. The van der Waals surface area contributed by atoms with Gasteiger partial charge >= 0.3 is 0 Å². The number of nitrogen functional groups attached to an aromatic ring is 1. The molecule has 0 saturated heterocycles. The van der Waals surface area contributed by atoms with E-state index >= 15 is 0 Å². The van der Waals surface area contributed by atoms with E-state index in [4.69, 9.17) is 17.4 Å². The Labute approximate surface area is 119 Å². The number of hydrogen-bond donors (Lipinski definition) is 2. The van der Waals surface area contributed by atoms with Crippen LogP contribution in [0.5, 0.6) is 0 Å². The van der Waals surface area contributed by atoms with Gasteiger partial charge in [0.25, 0.3) is 0 Å². The third-order valence-electron chi connectivity index (χ3n) is 2.04. The second kappa shape index (κ2) is 6.00. The van der Waals surface area contributed by atoms with E-state index in [2.05, 4.69) is 25.4 Å². The SMILES string of the molecule is CN(C)c1nc(NN)nc(Sc2ncccc2Cl)n1. The lowest BCUT2D eigenvalue weighted by Crippen LogP contribution is -2.17. The van der Waals surface area contributed by atoms with Gasteiger partial charge in [0.1, 0.15) is 5.03 Å². The van der Waals surface area contributed by atoms with Crippen molar-refractivity contribution in [3.63, 3.8) is 0 Å². The van der Waals surface area contributed by atoms with Gasteiger partial charge in [0, 0.05) is 20.3 Å². The van der Waals surface area contributed by atoms with E-state index in [9.17, 15) is 0 Å². The molecule has 0 bridgehead atoms. The maximum atomic E-state index is 6.04. The van der Waals surface area contributed by atoms with Crippen molar-refractivity contribution in [3.05, 3.63) is 23.4 Å². The van der Waals surface area contributed by atoms with Crippen molar-refractivity contribution >= 4 is 35.3 Å². The first-order chi connectivity index (χ1) is 9.10. The van der Waals surface area contributed by atoms with E-state index in [-0.39, 0.29) is 5.95 Å². The summed E-state index contributed by atoms with van der Waals surface area (Å²) in [7, 11) is 3.66. The van der Waals surface area contributed by atoms with Crippen LogP contribution in [0.3, 0.4) is 0 Å². The Balaban J connectivity index is 2.34. The zero-order valence-electron chi connectivity index (χ0n) is 10.3. The number of rotatable bonds is 4. The summed E-state index contributed by atoms with van der Waals surface area (Å²) in [5.74, 6) is 6.12. The van der Waals surface area contributed by atoms with Crippen molar-refractivity contribution in [2.24, 2.45) is 5.84 Å². The molecule has 0 saturated carbocycles. The minimum Gasteiger partial charge on any atom is -0.347 e. The highest BCUT2D eigenvalue weighted by Gasteiger charge is 2.11. The molecule has 0 aliphatic heterocycles. The lowest BCUT2D eigenvalue weighted by molar-refractivity contribution is 0.864. The molecular weight excluding hydrogens is 286 g/mol. The number of nitrogens with zero attached hydrogens (tertiary/aromatic N) is 5. The third-order valence-corrected chi connectivity index (χ3v) is 3.35. The van der Waals surface area contributed by atoms with Gasteiger partial charge < -0.3 is 4.90 Å². The van der Waals surface area contributed by atoms with E-state index in [0.717, 1.165) is 0 Å². The van der Waals surface area contributed by atoms with Crippen LogP contribution in [0, 0.1) is 0 Å². The average Bonchev–Trinajstić information content (AvgIpc) is 2.41. The Kier molecular flexibility index (Phi) is 4.35. The molecule has 19 heavy (non-hydrogen) atoms. The molecule has 9 heteroatoms. The predicted octanol–water partition coefficient (Wildman–Crippen LogP) is 1.42. The smallest absolute Gasteiger partial charge is 0.242 e. The Morgan fingerprint density at radius 1 is 1.32 bits per heavy atom. The van der Waals surface area contributed by atoms with Gasteiger partial charge in [0.05, 0.1) is 5.02 Å². The molecule has 0 amide bonds. The second-order valence-corrected chi connectivity index (χ2v) is 5.04. The first-order valence-electron chi connectivity index (χ1n) is 5.28. The molecular formula is C10H12ClN7S. The van der Waals surface area contributed by atoms with Crippen molar-refractivity contribution in [3.8, 4) is 0 Å². The van der Waals surface area contributed by atoms with Gasteiger partial charge in [-0.25, -0.2) is 10.8 Å². The number of nitrogens with one attached hydrogen (secondary N) is 1. The fraction of sp³-hybridized carbons (Fsp3) is 0.200. The molecule has 100 valence electrons. The van der Waals surface area contributed by atoms with Crippen LogP contribution >= 0.6 is 23.4 Å². The van der Waals surface area contributed by atoms with E-state index in [1.807, 2.05) is 14.1 Å². The largest absolute Gasteiger partial charge is 0.347 e. The van der Waals surface area contributed by atoms with Crippen LogP contribution in [-0.4, -0.2) is 34.0 Å². The van der Waals surface area contributed by atoms with E-state index in [1.54, 1.807) is 23.2 Å². The molecule has 0 radical (unpaired) electrons. The van der Waals surface area contributed by atoms with Crippen molar-refractivity contribution in [1.82, 2.24) is 19.9 Å². The maximum absolute atomic E-state index is 6.04. The third kappa shape index (κ3) is 3.43. The highest BCUT2D eigenvalue weighted by molar-refractivity contribution is 7.99. The van der Waals surface area contributed by atoms with Crippen LogP contribution in [0.15, 0.2) is 28.5 Å². The minimum absolute atomic E-state index is 0.285. The summed E-state index contributed by atoms with van der Waals surface area (Å²) in [5.41, 5.74) is 2.41. The molecule has 0 spiro atoms. The second-order valence-electron chi connectivity index (χ2n) is 3.67. The topological polar surface area (TPSA) is 92.9 Å². The number of anilines is 2. The van der Waals surface area contributed by atoms with Gasteiger partial charge in [-0.3, -0.25) is 5.43 Å². The van der Waals surface area contributed by atoms with Crippen molar-refractivity contribution < 1.29 is 0 Å². The zero-order chi connectivity index (χ0) is 13.8. The van der Waals surface area contributed by atoms with Gasteiger partial charge in [-0.15, -0.1) is 0 Å². The molecule has 7 nitrogen and oxygen atoms in total. The standard InChI is InChI=1S/C10H12ClN7S/c1-18(2)9-14-8(17-12)15-10(16-9)19-7-6(11)4-3-5-13-7/h3-5H,12H2,1-2H3,(H,14,15,16,17). The highest BCUT2D eigenvalue weighted by Crippen LogP contribution is 2.29. The summed E-state index contributed by atoms with van der Waals surface area (Å²) in [4.78, 5) is 18.5. The number of halogens is 1. The van der Waals surface area contributed by atoms with Crippen LogP contribution in [0.1, 0.15) is 0 Å². The lowest BCUT2D eigenvalue weighted by atomic mass is 10.5. The van der Waals surface area contributed by atoms with E-state index in [1.165, 1.54) is 11.8 Å². The molecule has 0 aliphatic rings. The molecule has 0 atom stereocenters. The molecule has 2 aromatic rings. The normalized spacial score (nSPS) is 10.3. The van der Waals surface area contributed by atoms with Crippen LogP contribution in [0.4, 0.5) is 11.9 Å². The summed E-state index contributed by atoms with van der Waals surface area (Å²) in [6.45, 7) is 0. The van der Waals surface area contributed by atoms with Crippen LogP contribution in [0.25, 0.3) is 0 Å². The first-order valence-corrected chi connectivity index (χ1v) is 6.48. The minimum atomic E-state index is 0.285. The van der Waals surface area contributed by atoms with Gasteiger partial charge in [0.15, 0.2) is 0 Å². The van der Waals surface area contributed by atoms with Crippen molar-refractivity contribution in [2.45, 2.75) is 10.2 Å². The molecule has 3 N–H and O–H groups in total. The maximum Gasteiger partial charge on any atom is 0.242 e. The average molecular weight is 298 g/mol. The van der Waals surface area contributed by atoms with Crippen molar-refractivity contribution in [1.29, 1.82) is 0 Å². The number of hydrazine groups is 1. The monoisotopic (exact) mass is 297 g/mol. The number of hydrogen-bond acceptors (Lipinski definition) is 8. The molecule has 0 aromatic carbocycles. The highest BCUT2D eigenvalue weighted by atomic mass is 35.5.